The molecule has 10 heteroatoms. The fraction of sp³-hybridized carbons (Fsp3) is 0.526. The third kappa shape index (κ3) is 3.31. The van der Waals surface area contributed by atoms with Crippen molar-refractivity contribution in [3.8, 4) is 0 Å². The van der Waals surface area contributed by atoms with Gasteiger partial charge < -0.3 is 9.64 Å². The van der Waals surface area contributed by atoms with Gasteiger partial charge in [-0.05, 0) is 25.5 Å². The summed E-state index contributed by atoms with van der Waals surface area (Å²) in [6, 6.07) is 6.88. The molecule has 0 unspecified atom stereocenters. The first-order chi connectivity index (χ1) is 13.6. The number of esters is 1. The molecular weight excluding hydrogens is 416 g/mol. The molecular formula is C19H22N2O6S2. The second kappa shape index (κ2) is 7.02. The summed E-state index contributed by atoms with van der Waals surface area (Å²) in [6.45, 7) is 1.48. The molecule has 3 heterocycles. The minimum Gasteiger partial charge on any atom is -0.450 e. The number of carbonyl (C=O) groups is 3. The summed E-state index contributed by atoms with van der Waals surface area (Å²) in [5, 5.41) is 0. The number of rotatable bonds is 4. The topological polar surface area (TPSA) is 101 Å². The number of benzene rings is 1. The zero-order chi connectivity index (χ0) is 21.0. The molecule has 0 bridgehead atoms. The molecule has 3 aliphatic rings. The third-order valence-corrected chi connectivity index (χ3v) is 8.93. The maximum atomic E-state index is 13.1. The van der Waals surface area contributed by atoms with Crippen LogP contribution in [-0.4, -0.2) is 66.7 Å². The van der Waals surface area contributed by atoms with Gasteiger partial charge in [-0.1, -0.05) is 23.9 Å². The summed E-state index contributed by atoms with van der Waals surface area (Å²) in [4.78, 5) is 40.8. The van der Waals surface area contributed by atoms with Crippen LogP contribution in [0.2, 0.25) is 0 Å². The van der Waals surface area contributed by atoms with Crippen molar-refractivity contribution in [1.82, 2.24) is 4.90 Å². The summed E-state index contributed by atoms with van der Waals surface area (Å²) in [6.07, 6.45) is -0.157. The van der Waals surface area contributed by atoms with Gasteiger partial charge in [0.15, 0.2) is 20.8 Å². The van der Waals surface area contributed by atoms with Crippen molar-refractivity contribution < 1.29 is 27.5 Å². The molecule has 3 atom stereocenters. The van der Waals surface area contributed by atoms with Gasteiger partial charge in [-0.3, -0.25) is 14.5 Å². The van der Waals surface area contributed by atoms with E-state index in [-0.39, 0.29) is 23.8 Å². The number of sulfone groups is 1. The highest BCUT2D eigenvalue weighted by atomic mass is 32.2. The van der Waals surface area contributed by atoms with Gasteiger partial charge in [-0.2, -0.15) is 0 Å². The maximum absolute atomic E-state index is 13.1. The van der Waals surface area contributed by atoms with Crippen LogP contribution in [0.25, 0.3) is 0 Å². The fourth-order valence-electron chi connectivity index (χ4n) is 4.12. The molecule has 1 aromatic rings. The number of hydrogen-bond donors (Lipinski definition) is 0. The van der Waals surface area contributed by atoms with E-state index in [1.54, 1.807) is 6.07 Å². The van der Waals surface area contributed by atoms with Crippen molar-refractivity contribution in [1.29, 1.82) is 0 Å². The SMILES string of the molecule is C[C@H](OC(=O)[C@@]12CCC(=O)N1c1ccccc1S2)C(=O)N(C)[C@H]1CCS(=O)(=O)C1. The quantitative estimate of drug-likeness (QED) is 0.651. The van der Waals surface area contributed by atoms with Gasteiger partial charge in [-0.25, -0.2) is 13.2 Å². The van der Waals surface area contributed by atoms with Crippen molar-refractivity contribution in [3.05, 3.63) is 24.3 Å². The van der Waals surface area contributed by atoms with E-state index in [1.165, 1.54) is 35.5 Å². The molecule has 2 fully saturated rings. The number of para-hydroxylation sites is 1. The van der Waals surface area contributed by atoms with Crippen molar-refractivity contribution in [2.45, 2.75) is 48.1 Å². The van der Waals surface area contributed by atoms with Gasteiger partial charge in [-0.15, -0.1) is 0 Å². The van der Waals surface area contributed by atoms with Gasteiger partial charge in [0.2, 0.25) is 5.91 Å². The molecule has 0 saturated carbocycles. The lowest BCUT2D eigenvalue weighted by Crippen LogP contribution is -2.51. The van der Waals surface area contributed by atoms with Gasteiger partial charge in [0.1, 0.15) is 0 Å². The van der Waals surface area contributed by atoms with E-state index in [4.69, 9.17) is 4.74 Å². The highest BCUT2D eigenvalue weighted by molar-refractivity contribution is 8.02. The first-order valence-electron chi connectivity index (χ1n) is 9.44. The zero-order valence-corrected chi connectivity index (χ0v) is 17.8. The van der Waals surface area contributed by atoms with Gasteiger partial charge in [0.25, 0.3) is 5.91 Å². The van der Waals surface area contributed by atoms with Gasteiger partial charge in [0.05, 0.1) is 17.2 Å². The molecule has 156 valence electrons. The van der Waals surface area contributed by atoms with Crippen molar-refractivity contribution in [3.63, 3.8) is 0 Å². The lowest BCUT2D eigenvalue weighted by atomic mass is 10.2. The van der Waals surface area contributed by atoms with Crippen LogP contribution in [-0.2, 0) is 29.0 Å². The number of carbonyl (C=O) groups excluding carboxylic acids is 3. The Bertz CT molecular complexity index is 994. The van der Waals surface area contributed by atoms with Crippen LogP contribution in [0.3, 0.4) is 0 Å². The molecule has 1 aromatic carbocycles. The average molecular weight is 439 g/mol. The number of thioether (sulfide) groups is 1. The summed E-state index contributed by atoms with van der Waals surface area (Å²) in [5.41, 5.74) is 0.684. The van der Waals surface area contributed by atoms with Crippen molar-refractivity contribution in [2.24, 2.45) is 0 Å². The summed E-state index contributed by atoms with van der Waals surface area (Å²) >= 11 is 1.28. The van der Waals surface area contributed by atoms with Crippen molar-refractivity contribution in [2.75, 3.05) is 23.5 Å². The van der Waals surface area contributed by atoms with Crippen molar-refractivity contribution >= 4 is 45.1 Å². The Labute approximate surface area is 173 Å². The van der Waals surface area contributed by atoms with E-state index in [9.17, 15) is 22.8 Å². The number of amides is 2. The Kier molecular flexibility index (Phi) is 4.89. The van der Waals surface area contributed by atoms with E-state index in [2.05, 4.69) is 0 Å². The van der Waals surface area contributed by atoms with Crippen LogP contribution >= 0.6 is 11.8 Å². The monoisotopic (exact) mass is 438 g/mol. The zero-order valence-electron chi connectivity index (χ0n) is 16.2. The lowest BCUT2D eigenvalue weighted by molar-refractivity contribution is -0.161. The smallest absolute Gasteiger partial charge is 0.344 e. The second-order valence-electron chi connectivity index (χ2n) is 7.64. The molecule has 0 radical (unpaired) electrons. The highest BCUT2D eigenvalue weighted by Crippen LogP contribution is 2.56. The van der Waals surface area contributed by atoms with Crippen LogP contribution < -0.4 is 4.90 Å². The number of hydrogen-bond acceptors (Lipinski definition) is 7. The second-order valence-corrected chi connectivity index (χ2v) is 11.2. The highest BCUT2D eigenvalue weighted by Gasteiger charge is 2.59. The van der Waals surface area contributed by atoms with E-state index in [0.717, 1.165) is 4.90 Å². The summed E-state index contributed by atoms with van der Waals surface area (Å²) in [7, 11) is -1.60. The van der Waals surface area contributed by atoms with Crippen LogP contribution in [0.5, 0.6) is 0 Å². The molecule has 29 heavy (non-hydrogen) atoms. The minimum absolute atomic E-state index is 0.0541. The molecule has 0 aromatic heterocycles. The van der Waals surface area contributed by atoms with E-state index >= 15 is 0 Å². The van der Waals surface area contributed by atoms with E-state index in [1.807, 2.05) is 18.2 Å². The Balaban J connectivity index is 1.49. The summed E-state index contributed by atoms with van der Waals surface area (Å²) in [5.74, 6) is -1.25. The molecule has 4 rings (SSSR count). The fourth-order valence-corrected chi connectivity index (χ4v) is 7.30. The third-order valence-electron chi connectivity index (χ3n) is 5.73. The normalized spacial score (nSPS) is 28.0. The molecule has 0 aliphatic carbocycles. The van der Waals surface area contributed by atoms with Crippen LogP contribution in [0.15, 0.2) is 29.2 Å². The van der Waals surface area contributed by atoms with Gasteiger partial charge in [0, 0.05) is 30.8 Å². The Morgan fingerprint density at radius 1 is 1.34 bits per heavy atom. The Morgan fingerprint density at radius 2 is 2.07 bits per heavy atom. The largest absolute Gasteiger partial charge is 0.450 e. The predicted molar refractivity (Wildman–Crippen MR) is 107 cm³/mol. The number of fused-ring (bicyclic) bond motifs is 3. The minimum atomic E-state index is -3.13. The standard InChI is InChI=1S/C19H22N2O6S2/c1-12(17(23)20(2)13-8-10-29(25,26)11-13)27-18(24)19-9-7-16(22)21(19)14-5-3-4-6-15(14)28-19/h3-6,12-13H,7-11H2,1-2H3/t12-,13-,19-/m0/s1. The number of likely N-dealkylation sites (N-methyl/N-ethyl adjacent to an activating group) is 1. The number of nitrogens with zero attached hydrogens (tertiary/aromatic N) is 2. The Morgan fingerprint density at radius 3 is 2.76 bits per heavy atom. The molecule has 3 aliphatic heterocycles. The molecule has 2 saturated heterocycles. The van der Waals surface area contributed by atoms with Crippen LogP contribution in [0.4, 0.5) is 5.69 Å². The summed E-state index contributed by atoms with van der Waals surface area (Å²) < 4.78 is 28.9. The molecule has 0 N–H and O–H groups in total. The van der Waals surface area contributed by atoms with Gasteiger partial charge >= 0.3 is 5.97 Å². The predicted octanol–water partition coefficient (Wildman–Crippen LogP) is 1.19. The van der Waals surface area contributed by atoms with Crippen LogP contribution in [0.1, 0.15) is 26.2 Å². The first kappa shape index (κ1) is 20.2. The van der Waals surface area contributed by atoms with E-state index in [0.29, 0.717) is 18.5 Å². The molecule has 0 spiro atoms. The average Bonchev–Trinajstić information content (AvgIpc) is 3.32. The Hall–Kier alpha value is -2.07. The molecule has 2 amide bonds. The molecule has 8 nitrogen and oxygen atoms in total. The first-order valence-corrected chi connectivity index (χ1v) is 12.1. The van der Waals surface area contributed by atoms with E-state index < -0.39 is 38.7 Å². The lowest BCUT2D eigenvalue weighted by Gasteiger charge is -2.31. The number of anilines is 1. The number of ether oxygens (including phenoxy) is 1. The maximum Gasteiger partial charge on any atom is 0.344 e. The van der Waals surface area contributed by atoms with Crippen LogP contribution in [0, 0.1) is 0 Å².